The van der Waals surface area contributed by atoms with Gasteiger partial charge in [0.25, 0.3) is 5.92 Å². The predicted molar refractivity (Wildman–Crippen MR) is 94.5 cm³/mol. The lowest BCUT2D eigenvalue weighted by Gasteiger charge is -2.39. The van der Waals surface area contributed by atoms with Crippen molar-refractivity contribution in [1.82, 2.24) is 10.2 Å². The van der Waals surface area contributed by atoms with Gasteiger partial charge in [-0.1, -0.05) is 20.8 Å². The van der Waals surface area contributed by atoms with Gasteiger partial charge in [-0.2, -0.15) is 0 Å². The summed E-state index contributed by atoms with van der Waals surface area (Å²) in [4.78, 5) is 37.1. The summed E-state index contributed by atoms with van der Waals surface area (Å²) in [6.07, 6.45) is -1.72. The van der Waals surface area contributed by atoms with Crippen molar-refractivity contribution >= 4 is 18.0 Å². The highest BCUT2D eigenvalue weighted by Crippen LogP contribution is 2.32. The largest absolute Gasteiger partial charge is 0.481 e. The van der Waals surface area contributed by atoms with Crippen LogP contribution in [-0.2, 0) is 14.3 Å². The Kier molecular flexibility index (Phi) is 6.83. The van der Waals surface area contributed by atoms with Gasteiger partial charge in [-0.3, -0.25) is 9.59 Å². The summed E-state index contributed by atoms with van der Waals surface area (Å²) in [5.41, 5.74) is -1.62. The number of aliphatic carboxylic acids is 1. The fourth-order valence-corrected chi connectivity index (χ4v) is 3.14. The molecule has 0 saturated carbocycles. The normalized spacial score (nSPS) is 20.0. The molecule has 1 saturated heterocycles. The third-order valence-corrected chi connectivity index (χ3v) is 4.20. The molecule has 0 aliphatic carbocycles. The molecular weight excluding hydrogens is 362 g/mol. The molecule has 1 fully saturated rings. The summed E-state index contributed by atoms with van der Waals surface area (Å²) in [7, 11) is 0. The Hall–Kier alpha value is -1.93. The Bertz CT molecular complexity index is 581. The average molecular weight is 392 g/mol. The first-order valence-corrected chi connectivity index (χ1v) is 8.90. The first-order valence-electron chi connectivity index (χ1n) is 8.90. The first-order chi connectivity index (χ1) is 12.0. The molecule has 1 aliphatic heterocycles. The Balaban J connectivity index is 3.11. The molecule has 0 aromatic carbocycles. The maximum absolute atomic E-state index is 13.7. The zero-order valence-corrected chi connectivity index (χ0v) is 16.8. The highest BCUT2D eigenvalue weighted by Gasteiger charge is 2.44. The standard InChI is InChI=1S/C18H30F2N2O5/c1-16(2,3)13(14(24)25)11(21-15(26)27-17(4,5)6)9-22-10-18(19,20)8-7-12(22)23/h11,13H,7-10H2,1-6H3,(H,21,26)(H,24,25)/t11-,13?/m1/s1. The van der Waals surface area contributed by atoms with Crippen LogP contribution in [0.5, 0.6) is 0 Å². The van der Waals surface area contributed by atoms with E-state index in [-0.39, 0.29) is 13.0 Å². The van der Waals surface area contributed by atoms with Gasteiger partial charge in [0.05, 0.1) is 18.5 Å². The molecule has 9 heteroatoms. The van der Waals surface area contributed by atoms with Crippen LogP contribution >= 0.6 is 0 Å². The van der Waals surface area contributed by atoms with E-state index in [0.29, 0.717) is 0 Å². The SMILES string of the molecule is CC(C)(C)OC(=O)N[C@H](CN1CC(F)(F)CCC1=O)C(C(=O)O)C(C)(C)C. The van der Waals surface area contributed by atoms with Crippen LogP contribution in [0.2, 0.25) is 0 Å². The molecule has 1 heterocycles. The third-order valence-electron chi connectivity index (χ3n) is 4.20. The van der Waals surface area contributed by atoms with Gasteiger partial charge in [-0.25, -0.2) is 13.6 Å². The number of hydrogen-bond donors (Lipinski definition) is 2. The number of likely N-dealkylation sites (tertiary alicyclic amines) is 1. The van der Waals surface area contributed by atoms with Crippen molar-refractivity contribution in [3.05, 3.63) is 0 Å². The second-order valence-corrected chi connectivity index (χ2v) is 9.06. The number of nitrogens with zero attached hydrogens (tertiary/aromatic N) is 1. The molecule has 1 unspecified atom stereocenters. The minimum absolute atomic E-state index is 0.320. The number of alkyl halides is 2. The molecule has 0 aromatic heterocycles. The predicted octanol–water partition coefficient (Wildman–Crippen LogP) is 2.88. The highest BCUT2D eigenvalue weighted by atomic mass is 19.3. The third kappa shape index (κ3) is 7.30. The lowest BCUT2D eigenvalue weighted by atomic mass is 9.76. The number of ether oxygens (including phenoxy) is 1. The number of nitrogens with one attached hydrogen (secondary N) is 1. The molecule has 0 radical (unpaired) electrons. The number of hydrogen-bond acceptors (Lipinski definition) is 4. The monoisotopic (exact) mass is 392 g/mol. The fourth-order valence-electron chi connectivity index (χ4n) is 3.14. The Morgan fingerprint density at radius 3 is 2.26 bits per heavy atom. The number of amides is 2. The van der Waals surface area contributed by atoms with Crippen molar-refractivity contribution in [1.29, 1.82) is 0 Å². The van der Waals surface area contributed by atoms with E-state index in [4.69, 9.17) is 4.74 Å². The van der Waals surface area contributed by atoms with Crippen molar-refractivity contribution < 1.29 is 33.0 Å². The molecule has 2 N–H and O–H groups in total. The topological polar surface area (TPSA) is 95.9 Å². The van der Waals surface area contributed by atoms with Gasteiger partial charge in [0, 0.05) is 19.4 Å². The van der Waals surface area contributed by atoms with Crippen molar-refractivity contribution in [3.63, 3.8) is 0 Å². The lowest BCUT2D eigenvalue weighted by molar-refractivity contribution is -0.152. The number of alkyl carbamates (subject to hydrolysis) is 1. The second kappa shape index (κ2) is 7.98. The van der Waals surface area contributed by atoms with E-state index in [0.717, 1.165) is 4.90 Å². The highest BCUT2D eigenvalue weighted by molar-refractivity contribution is 5.78. The van der Waals surface area contributed by atoms with Crippen LogP contribution in [0.15, 0.2) is 0 Å². The fraction of sp³-hybridized carbons (Fsp3) is 0.833. The van der Waals surface area contributed by atoms with E-state index in [2.05, 4.69) is 5.32 Å². The van der Waals surface area contributed by atoms with Crippen LogP contribution < -0.4 is 5.32 Å². The van der Waals surface area contributed by atoms with E-state index < -0.39 is 59.8 Å². The number of rotatable bonds is 5. The Labute approximate surface area is 158 Å². The van der Waals surface area contributed by atoms with Gasteiger partial charge in [0.1, 0.15) is 5.60 Å². The van der Waals surface area contributed by atoms with Crippen molar-refractivity contribution in [2.45, 2.75) is 71.9 Å². The summed E-state index contributed by atoms with van der Waals surface area (Å²) in [6.45, 7) is 8.82. The number of carbonyl (C=O) groups excluding carboxylic acids is 2. The summed E-state index contributed by atoms with van der Waals surface area (Å²) < 4.78 is 32.6. The second-order valence-electron chi connectivity index (χ2n) is 9.06. The number of carboxylic acid groups (broad SMARTS) is 1. The van der Waals surface area contributed by atoms with Crippen molar-refractivity contribution in [3.8, 4) is 0 Å². The molecule has 156 valence electrons. The molecule has 1 rings (SSSR count). The van der Waals surface area contributed by atoms with Crippen LogP contribution in [-0.4, -0.2) is 58.6 Å². The minimum atomic E-state index is -3.04. The van der Waals surface area contributed by atoms with Crippen LogP contribution in [0.3, 0.4) is 0 Å². The molecule has 27 heavy (non-hydrogen) atoms. The smallest absolute Gasteiger partial charge is 0.407 e. The number of carboxylic acids is 1. The summed E-state index contributed by atoms with van der Waals surface area (Å²) in [6, 6.07) is -1.09. The Morgan fingerprint density at radius 2 is 1.81 bits per heavy atom. The number of carbonyl (C=O) groups is 3. The van der Waals surface area contributed by atoms with Crippen LogP contribution in [0.1, 0.15) is 54.4 Å². The average Bonchev–Trinajstić information content (AvgIpc) is 2.38. The van der Waals surface area contributed by atoms with Gasteiger partial charge in [-0.05, 0) is 26.2 Å². The summed E-state index contributed by atoms with van der Waals surface area (Å²) in [5, 5.41) is 12.2. The van der Waals surface area contributed by atoms with Gasteiger partial charge < -0.3 is 20.1 Å². The molecule has 2 atom stereocenters. The van der Waals surface area contributed by atoms with Crippen LogP contribution in [0, 0.1) is 11.3 Å². The Morgan fingerprint density at radius 1 is 1.26 bits per heavy atom. The molecule has 1 aliphatic rings. The molecule has 0 bridgehead atoms. The van der Waals surface area contributed by atoms with Gasteiger partial charge in [-0.15, -0.1) is 0 Å². The van der Waals surface area contributed by atoms with Gasteiger partial charge in [0.2, 0.25) is 5.91 Å². The van der Waals surface area contributed by atoms with Gasteiger partial charge >= 0.3 is 12.1 Å². The molecule has 7 nitrogen and oxygen atoms in total. The zero-order valence-electron chi connectivity index (χ0n) is 16.8. The summed E-state index contributed by atoms with van der Waals surface area (Å²) >= 11 is 0. The maximum atomic E-state index is 13.7. The quantitative estimate of drug-likeness (QED) is 0.750. The summed E-state index contributed by atoms with van der Waals surface area (Å²) in [5.74, 6) is -5.84. The first kappa shape index (κ1) is 23.1. The molecule has 0 aromatic rings. The van der Waals surface area contributed by atoms with Crippen molar-refractivity contribution in [2.24, 2.45) is 11.3 Å². The maximum Gasteiger partial charge on any atom is 0.407 e. The number of halogens is 2. The van der Waals surface area contributed by atoms with Crippen LogP contribution in [0.25, 0.3) is 0 Å². The minimum Gasteiger partial charge on any atom is -0.481 e. The van der Waals surface area contributed by atoms with E-state index in [1.165, 1.54) is 0 Å². The van der Waals surface area contributed by atoms with Gasteiger partial charge in [0.15, 0.2) is 0 Å². The molecule has 0 spiro atoms. The van der Waals surface area contributed by atoms with E-state index in [1.54, 1.807) is 41.5 Å². The number of piperidine rings is 1. The zero-order chi connectivity index (χ0) is 21.2. The lowest BCUT2D eigenvalue weighted by Crippen LogP contribution is -2.57. The van der Waals surface area contributed by atoms with Crippen molar-refractivity contribution in [2.75, 3.05) is 13.1 Å². The van der Waals surface area contributed by atoms with E-state index in [9.17, 15) is 28.3 Å². The van der Waals surface area contributed by atoms with E-state index >= 15 is 0 Å². The van der Waals surface area contributed by atoms with E-state index in [1.807, 2.05) is 0 Å². The molecular formula is C18H30F2N2O5. The van der Waals surface area contributed by atoms with Crippen LogP contribution in [0.4, 0.5) is 13.6 Å². The molecule has 2 amide bonds.